The summed E-state index contributed by atoms with van der Waals surface area (Å²) in [5.41, 5.74) is 0. The van der Waals surface area contributed by atoms with Gasteiger partial charge in [-0.25, -0.2) is 4.98 Å². The van der Waals surface area contributed by atoms with Crippen molar-refractivity contribution in [3.8, 4) is 0 Å². The number of aryl methyl sites for hydroxylation is 1. The van der Waals surface area contributed by atoms with Crippen molar-refractivity contribution in [3.05, 3.63) is 29.0 Å². The average Bonchev–Trinajstić information content (AvgIpc) is 2.88. The molecule has 0 radical (unpaired) electrons. The Morgan fingerprint density at radius 1 is 1.44 bits per heavy atom. The molecule has 0 aliphatic carbocycles. The van der Waals surface area contributed by atoms with Crippen LogP contribution in [0.5, 0.6) is 0 Å². The number of anilines is 1. The number of hydrogen-bond acceptors (Lipinski definition) is 6. The van der Waals surface area contributed by atoms with E-state index in [-0.39, 0.29) is 5.09 Å². The van der Waals surface area contributed by atoms with Crippen LogP contribution in [0.4, 0.5) is 5.13 Å². The molecule has 18 heavy (non-hydrogen) atoms. The molecule has 0 aromatic carbocycles. The van der Waals surface area contributed by atoms with Crippen LogP contribution in [0, 0.1) is 6.92 Å². The summed E-state index contributed by atoms with van der Waals surface area (Å²) in [5, 5.41) is 3.10. The maximum Gasteiger partial charge on any atom is 0.297 e. The van der Waals surface area contributed by atoms with E-state index in [9.17, 15) is 8.42 Å². The summed E-state index contributed by atoms with van der Waals surface area (Å²) in [6.45, 7) is 2.33. The van der Waals surface area contributed by atoms with Crippen molar-refractivity contribution in [1.29, 1.82) is 0 Å². The number of rotatable bonds is 5. The van der Waals surface area contributed by atoms with E-state index in [0.29, 0.717) is 17.4 Å². The van der Waals surface area contributed by atoms with Gasteiger partial charge in [-0.2, -0.15) is 8.42 Å². The van der Waals surface area contributed by atoms with Gasteiger partial charge >= 0.3 is 0 Å². The van der Waals surface area contributed by atoms with Gasteiger partial charge in [0, 0.05) is 11.1 Å². The summed E-state index contributed by atoms with van der Waals surface area (Å²) in [4.78, 5) is 4.88. The van der Waals surface area contributed by atoms with Gasteiger partial charge in [-0.05, 0) is 26.1 Å². The lowest BCUT2D eigenvalue weighted by Gasteiger charge is -2.01. The number of sulfonamides is 1. The fourth-order valence-electron chi connectivity index (χ4n) is 1.34. The molecular weight excluding hydrogens is 274 g/mol. The predicted molar refractivity (Wildman–Crippen MR) is 69.1 cm³/mol. The molecule has 0 unspecified atom stereocenters. The molecule has 6 nitrogen and oxygen atoms in total. The second kappa shape index (κ2) is 5.09. The Morgan fingerprint density at radius 3 is 2.83 bits per heavy atom. The molecule has 2 rings (SSSR count). The Labute approximate surface area is 109 Å². The molecule has 0 aliphatic rings. The third-order valence-electron chi connectivity index (χ3n) is 2.10. The van der Waals surface area contributed by atoms with Crippen LogP contribution in [0.3, 0.4) is 0 Å². The van der Waals surface area contributed by atoms with E-state index >= 15 is 0 Å². The summed E-state index contributed by atoms with van der Waals surface area (Å²) in [6.07, 6.45) is 1.61. The fraction of sp³-hybridized carbons (Fsp3) is 0.300. The highest BCUT2D eigenvalue weighted by Gasteiger charge is 2.20. The van der Waals surface area contributed by atoms with Gasteiger partial charge < -0.3 is 9.73 Å². The monoisotopic (exact) mass is 287 g/mol. The van der Waals surface area contributed by atoms with Crippen LogP contribution in [0.1, 0.15) is 10.6 Å². The molecule has 0 fully saturated rings. The molecule has 2 aromatic heterocycles. The van der Waals surface area contributed by atoms with Crippen molar-refractivity contribution < 1.29 is 12.8 Å². The van der Waals surface area contributed by atoms with Crippen LogP contribution in [0.2, 0.25) is 0 Å². The van der Waals surface area contributed by atoms with Crippen LogP contribution in [0.15, 0.2) is 27.8 Å². The third-order valence-corrected chi connectivity index (χ3v) is 4.26. The van der Waals surface area contributed by atoms with Crippen LogP contribution in [0.25, 0.3) is 0 Å². The number of thiazole rings is 1. The van der Waals surface area contributed by atoms with Crippen molar-refractivity contribution in [2.75, 3.05) is 11.8 Å². The Kier molecular flexibility index (Phi) is 3.69. The van der Waals surface area contributed by atoms with E-state index in [0.717, 1.165) is 4.88 Å². The molecule has 2 aromatic rings. The number of hydrogen-bond donors (Lipinski definition) is 2. The molecule has 8 heteroatoms. The first-order valence-electron chi connectivity index (χ1n) is 5.20. The molecule has 0 saturated heterocycles. The first kappa shape index (κ1) is 13.1. The standard InChI is InChI=1S/C10H13N3O3S2/c1-7-5-12-10(17-7)13-18(14,15)9-4-3-8(16-9)6-11-2/h3-5,11H,6H2,1-2H3,(H,12,13). The van der Waals surface area contributed by atoms with Gasteiger partial charge in [0.2, 0.25) is 5.09 Å². The third kappa shape index (κ3) is 2.89. The number of furan rings is 1. The van der Waals surface area contributed by atoms with Gasteiger partial charge in [0.1, 0.15) is 5.76 Å². The van der Waals surface area contributed by atoms with Gasteiger partial charge in [-0.3, -0.25) is 4.72 Å². The van der Waals surface area contributed by atoms with Crippen molar-refractivity contribution >= 4 is 26.5 Å². The largest absolute Gasteiger partial charge is 0.446 e. The fourth-order valence-corrected chi connectivity index (χ4v) is 3.20. The first-order valence-corrected chi connectivity index (χ1v) is 7.50. The molecule has 0 bridgehead atoms. The molecule has 0 saturated carbocycles. The summed E-state index contributed by atoms with van der Waals surface area (Å²) in [6, 6.07) is 3.05. The van der Waals surface area contributed by atoms with E-state index in [4.69, 9.17) is 4.42 Å². The van der Waals surface area contributed by atoms with E-state index in [1.54, 1.807) is 19.3 Å². The van der Waals surface area contributed by atoms with Gasteiger partial charge in [-0.1, -0.05) is 0 Å². The average molecular weight is 287 g/mol. The Balaban J connectivity index is 2.19. The van der Waals surface area contributed by atoms with Crippen molar-refractivity contribution in [2.24, 2.45) is 0 Å². The predicted octanol–water partition coefficient (Wildman–Crippen LogP) is 1.56. The van der Waals surface area contributed by atoms with Crippen LogP contribution < -0.4 is 10.0 Å². The molecule has 2 N–H and O–H groups in total. The normalized spacial score (nSPS) is 11.7. The molecule has 0 amide bonds. The minimum absolute atomic E-state index is 0.111. The number of nitrogens with one attached hydrogen (secondary N) is 2. The maximum atomic E-state index is 12.0. The van der Waals surface area contributed by atoms with Crippen molar-refractivity contribution in [3.63, 3.8) is 0 Å². The quantitative estimate of drug-likeness (QED) is 0.872. The lowest BCUT2D eigenvalue weighted by atomic mass is 10.4. The summed E-state index contributed by atoms with van der Waals surface area (Å²) in [5.74, 6) is 0.563. The van der Waals surface area contributed by atoms with Crippen molar-refractivity contribution in [1.82, 2.24) is 10.3 Å². The molecule has 0 spiro atoms. The van der Waals surface area contributed by atoms with Crippen LogP contribution >= 0.6 is 11.3 Å². The number of nitrogens with zero attached hydrogens (tertiary/aromatic N) is 1. The minimum atomic E-state index is -3.69. The second-order valence-corrected chi connectivity index (χ2v) is 6.48. The topological polar surface area (TPSA) is 84.2 Å². The highest BCUT2D eigenvalue weighted by atomic mass is 32.2. The SMILES string of the molecule is CNCc1ccc(S(=O)(=O)Nc2ncc(C)s2)o1. The first-order chi connectivity index (χ1) is 8.51. The zero-order valence-corrected chi connectivity index (χ0v) is 11.6. The highest BCUT2D eigenvalue weighted by Crippen LogP contribution is 2.22. The molecule has 2 heterocycles. The smallest absolute Gasteiger partial charge is 0.297 e. The molecule has 0 atom stereocenters. The van der Waals surface area contributed by atoms with E-state index in [2.05, 4.69) is 15.0 Å². The lowest BCUT2D eigenvalue weighted by molar-refractivity contribution is 0.408. The number of aromatic nitrogens is 1. The zero-order valence-electron chi connectivity index (χ0n) is 9.93. The van der Waals surface area contributed by atoms with Crippen molar-refractivity contribution in [2.45, 2.75) is 18.6 Å². The van der Waals surface area contributed by atoms with Gasteiger partial charge in [0.15, 0.2) is 5.13 Å². The lowest BCUT2D eigenvalue weighted by Crippen LogP contribution is -2.12. The van der Waals surface area contributed by atoms with E-state index in [1.807, 2.05) is 6.92 Å². The Morgan fingerprint density at radius 2 is 2.22 bits per heavy atom. The second-order valence-electron chi connectivity index (χ2n) is 3.63. The molecule has 0 aliphatic heterocycles. The van der Waals surface area contributed by atoms with Gasteiger partial charge in [0.05, 0.1) is 6.54 Å². The highest BCUT2D eigenvalue weighted by molar-refractivity contribution is 7.92. The van der Waals surface area contributed by atoms with E-state index < -0.39 is 10.0 Å². The van der Waals surface area contributed by atoms with Crippen LogP contribution in [-0.2, 0) is 16.6 Å². The minimum Gasteiger partial charge on any atom is -0.446 e. The Hall–Kier alpha value is -1.38. The van der Waals surface area contributed by atoms with Gasteiger partial charge in [0.25, 0.3) is 10.0 Å². The van der Waals surface area contributed by atoms with Gasteiger partial charge in [-0.15, -0.1) is 11.3 Å². The summed E-state index contributed by atoms with van der Waals surface area (Å²) >= 11 is 1.27. The summed E-state index contributed by atoms with van der Waals surface area (Å²) < 4.78 is 31.5. The van der Waals surface area contributed by atoms with E-state index in [1.165, 1.54) is 17.4 Å². The zero-order chi connectivity index (χ0) is 13.2. The maximum absolute atomic E-state index is 12.0. The summed E-state index contributed by atoms with van der Waals surface area (Å²) in [7, 11) is -1.94. The van der Waals surface area contributed by atoms with Crippen LogP contribution in [-0.4, -0.2) is 20.4 Å². The molecule has 98 valence electrons. The molecular formula is C10H13N3O3S2. The Bertz CT molecular complexity index is 630.